The number of nitrogens with zero attached hydrogens (tertiary/aromatic N) is 6. The van der Waals surface area contributed by atoms with Crippen molar-refractivity contribution < 1.29 is 28.7 Å². The lowest BCUT2D eigenvalue weighted by Gasteiger charge is -2.39. The zero-order valence-corrected chi connectivity index (χ0v) is 42.8. The summed E-state index contributed by atoms with van der Waals surface area (Å²) in [6.07, 6.45) is 3.88. The molecule has 1 unspecified atom stereocenters. The quantitative estimate of drug-likeness (QED) is 0.107. The minimum absolute atomic E-state index is 0.0341. The number of aromatic nitrogens is 4. The molecule has 0 bridgehead atoms. The number of ether oxygens (including phenoxy) is 2. The van der Waals surface area contributed by atoms with Crippen molar-refractivity contribution in [3.05, 3.63) is 123 Å². The molecule has 1 saturated carbocycles. The molecule has 4 atom stereocenters. The largest absolute Gasteiger partial charge is 0.474 e. The average Bonchev–Trinajstić information content (AvgIpc) is 4.13. The third-order valence-corrected chi connectivity index (χ3v) is 16.2. The number of thiophene rings is 2. The van der Waals surface area contributed by atoms with Crippen molar-refractivity contribution in [1.82, 2.24) is 35.3 Å². The van der Waals surface area contributed by atoms with E-state index < -0.39 is 23.5 Å². The fourth-order valence-corrected chi connectivity index (χ4v) is 11.8. The summed E-state index contributed by atoms with van der Waals surface area (Å²) in [5.41, 5.74) is 8.44. The summed E-state index contributed by atoms with van der Waals surface area (Å²) in [6.45, 7) is 16.4. The third kappa shape index (κ3) is 9.67. The van der Waals surface area contributed by atoms with Crippen molar-refractivity contribution >= 4 is 52.1 Å². The van der Waals surface area contributed by atoms with Crippen LogP contribution in [0, 0.1) is 39.0 Å². The Hall–Kier alpha value is -6.52. The first-order chi connectivity index (χ1) is 33.5. The highest BCUT2D eigenvalue weighted by Crippen LogP contribution is 2.40. The molecule has 364 valence electrons. The minimum atomic E-state index is -0.806. The monoisotopic (exact) mass is 980 g/mol. The SMILES string of the molecule is COC(=O)C[C@@H]1N=C(c2ccc(-c3ccc(OC4CC(C(=O)NC(C(=O)N5CCC[C@H]5C(=O)N[C@@H](C)c5ccc(-c6sccc6C)cc5)C(C)(C)C)C4)nc3)cc2)c2c(sc(C)c2C)-n2c(C)nnc21. The van der Waals surface area contributed by atoms with Gasteiger partial charge < -0.3 is 25.0 Å². The number of rotatable bonds is 13. The molecule has 2 aliphatic heterocycles. The molecule has 6 aromatic rings. The number of pyridine rings is 1. The Labute approximate surface area is 417 Å². The molecule has 1 aliphatic carbocycles. The Morgan fingerprint density at radius 3 is 2.21 bits per heavy atom. The van der Waals surface area contributed by atoms with E-state index in [1.54, 1.807) is 33.8 Å². The molecule has 16 heteroatoms. The van der Waals surface area contributed by atoms with E-state index in [2.05, 4.69) is 70.2 Å². The van der Waals surface area contributed by atoms with Crippen LogP contribution in [0.25, 0.3) is 26.6 Å². The standard InChI is InChI=1S/C54H60N8O6S2/c1-29-22-24-69-47(29)37-18-12-34(13-19-37)31(3)56-51(65)42-11-10-23-61(42)52(66)48(54(6,7)8)58-50(64)39-25-40(26-39)68-43-21-20-38(28-55-43)35-14-16-36(17-15-35)46-45-30(2)32(4)70-53(45)62-33(5)59-60-49(62)41(57-46)27-44(63)67-9/h12-22,24,28,31,39-42,48H,10-11,23,25-27H2,1-9H3,(H,56,65)(H,58,64)/t31-,39?,40?,41-,42-,48?/m0/s1. The summed E-state index contributed by atoms with van der Waals surface area (Å²) in [7, 11) is 1.37. The lowest BCUT2D eigenvalue weighted by atomic mass is 9.80. The number of nitrogens with one attached hydrogen (secondary N) is 2. The first kappa shape index (κ1) is 48.5. The summed E-state index contributed by atoms with van der Waals surface area (Å²) in [5, 5.41) is 18.1. The van der Waals surface area contributed by atoms with E-state index in [-0.39, 0.29) is 48.2 Å². The Morgan fingerprint density at radius 2 is 1.56 bits per heavy atom. The number of likely N-dealkylation sites (tertiary alicyclic amines) is 1. The smallest absolute Gasteiger partial charge is 0.308 e. The number of methoxy groups -OCH3 is 1. The molecule has 3 aliphatic rings. The number of amides is 3. The van der Waals surface area contributed by atoms with E-state index in [0.717, 1.165) is 60.4 Å². The van der Waals surface area contributed by atoms with Crippen LogP contribution in [0.5, 0.6) is 5.88 Å². The van der Waals surface area contributed by atoms with Gasteiger partial charge in [-0.1, -0.05) is 69.3 Å². The van der Waals surface area contributed by atoms with Crippen LogP contribution in [0.2, 0.25) is 0 Å². The van der Waals surface area contributed by atoms with E-state index in [1.165, 1.54) is 17.6 Å². The van der Waals surface area contributed by atoms with Crippen LogP contribution in [0.3, 0.4) is 0 Å². The molecule has 14 nitrogen and oxygen atoms in total. The molecular formula is C54H60N8O6S2. The van der Waals surface area contributed by atoms with Crippen LogP contribution in [-0.2, 0) is 23.9 Å². The highest BCUT2D eigenvalue weighted by Gasteiger charge is 2.45. The second kappa shape index (κ2) is 19.7. The van der Waals surface area contributed by atoms with Gasteiger partial charge in [-0.3, -0.25) is 28.7 Å². The topological polar surface area (TPSA) is 170 Å². The molecule has 0 radical (unpaired) electrons. The van der Waals surface area contributed by atoms with Gasteiger partial charge in [0, 0.05) is 51.2 Å². The Kier molecular flexibility index (Phi) is 13.7. The predicted octanol–water partition coefficient (Wildman–Crippen LogP) is 9.36. The van der Waals surface area contributed by atoms with Crippen LogP contribution in [0.1, 0.15) is 116 Å². The second-order valence-corrected chi connectivity index (χ2v) is 22.0. The minimum Gasteiger partial charge on any atom is -0.474 e. The maximum atomic E-state index is 14.3. The number of carbonyl (C=O) groups excluding carboxylic acids is 4. The first-order valence-corrected chi connectivity index (χ1v) is 25.6. The highest BCUT2D eigenvalue weighted by atomic mass is 32.1. The van der Waals surface area contributed by atoms with Crippen molar-refractivity contribution in [3.8, 4) is 32.4 Å². The van der Waals surface area contributed by atoms with Crippen LogP contribution in [0.15, 0.2) is 83.3 Å². The number of benzene rings is 2. The first-order valence-electron chi connectivity index (χ1n) is 24.0. The molecule has 0 spiro atoms. The lowest BCUT2D eigenvalue weighted by molar-refractivity contribution is -0.145. The van der Waals surface area contributed by atoms with Gasteiger partial charge in [-0.25, -0.2) is 4.98 Å². The molecule has 4 aromatic heterocycles. The van der Waals surface area contributed by atoms with E-state index >= 15 is 0 Å². The molecule has 6 heterocycles. The van der Waals surface area contributed by atoms with Gasteiger partial charge in [-0.2, -0.15) is 0 Å². The summed E-state index contributed by atoms with van der Waals surface area (Å²) in [4.78, 5) is 68.1. The highest BCUT2D eigenvalue weighted by molar-refractivity contribution is 7.15. The van der Waals surface area contributed by atoms with E-state index in [0.29, 0.717) is 43.9 Å². The van der Waals surface area contributed by atoms with Gasteiger partial charge >= 0.3 is 5.97 Å². The summed E-state index contributed by atoms with van der Waals surface area (Å²) in [5.74, 6) is 0.488. The van der Waals surface area contributed by atoms with Gasteiger partial charge in [0.1, 0.15) is 35.1 Å². The van der Waals surface area contributed by atoms with Gasteiger partial charge in [0.05, 0.1) is 25.3 Å². The molecule has 1 saturated heterocycles. The van der Waals surface area contributed by atoms with Crippen LogP contribution < -0.4 is 15.4 Å². The number of hydrogen-bond acceptors (Lipinski definition) is 12. The maximum absolute atomic E-state index is 14.3. The fourth-order valence-electron chi connectivity index (χ4n) is 9.62. The van der Waals surface area contributed by atoms with Crippen molar-refractivity contribution in [1.29, 1.82) is 0 Å². The Bertz CT molecular complexity index is 2960. The number of hydrogen-bond donors (Lipinski definition) is 2. The van der Waals surface area contributed by atoms with E-state index in [9.17, 15) is 19.2 Å². The lowest BCUT2D eigenvalue weighted by Crippen LogP contribution is -2.59. The van der Waals surface area contributed by atoms with Gasteiger partial charge in [0.2, 0.25) is 23.6 Å². The number of fused-ring (bicyclic) bond motifs is 3. The van der Waals surface area contributed by atoms with Crippen LogP contribution in [0.4, 0.5) is 0 Å². The maximum Gasteiger partial charge on any atom is 0.308 e. The van der Waals surface area contributed by atoms with Crippen molar-refractivity contribution in [2.24, 2.45) is 16.3 Å². The number of esters is 1. The number of carbonyl (C=O) groups is 4. The molecule has 2 N–H and O–H groups in total. The van der Waals surface area contributed by atoms with Gasteiger partial charge in [-0.05, 0) is 111 Å². The van der Waals surface area contributed by atoms with Crippen molar-refractivity contribution in [2.45, 2.75) is 118 Å². The molecule has 2 fully saturated rings. The van der Waals surface area contributed by atoms with Gasteiger partial charge in [0.25, 0.3) is 0 Å². The average molecular weight is 981 g/mol. The molecule has 9 rings (SSSR count). The number of aliphatic imine (C=N–C) groups is 1. The van der Waals surface area contributed by atoms with Gasteiger partial charge in [-0.15, -0.1) is 32.9 Å². The summed E-state index contributed by atoms with van der Waals surface area (Å²) < 4.78 is 13.3. The van der Waals surface area contributed by atoms with E-state index in [1.807, 2.05) is 87.7 Å². The normalized spacial score (nSPS) is 19.4. The summed E-state index contributed by atoms with van der Waals surface area (Å²) in [6, 6.07) is 20.1. The summed E-state index contributed by atoms with van der Waals surface area (Å²) >= 11 is 3.37. The van der Waals surface area contributed by atoms with Crippen molar-refractivity contribution in [3.63, 3.8) is 0 Å². The molecule has 3 amide bonds. The molecule has 2 aromatic carbocycles. The molecule has 70 heavy (non-hydrogen) atoms. The predicted molar refractivity (Wildman–Crippen MR) is 272 cm³/mol. The van der Waals surface area contributed by atoms with E-state index in [4.69, 9.17) is 14.5 Å². The third-order valence-electron chi connectivity index (χ3n) is 13.9. The van der Waals surface area contributed by atoms with Gasteiger partial charge in [0.15, 0.2) is 5.82 Å². The zero-order chi connectivity index (χ0) is 49.6. The van der Waals surface area contributed by atoms with Crippen molar-refractivity contribution in [2.75, 3.05) is 13.7 Å². The Morgan fingerprint density at radius 1 is 0.857 bits per heavy atom. The Balaban J connectivity index is 0.799. The second-order valence-electron chi connectivity index (χ2n) is 19.8. The molecular weight excluding hydrogens is 921 g/mol. The number of aryl methyl sites for hydroxylation is 3. The zero-order valence-electron chi connectivity index (χ0n) is 41.2. The fraction of sp³-hybridized carbons (Fsp3) is 0.407. The van der Waals surface area contributed by atoms with Crippen LogP contribution >= 0.6 is 22.7 Å². The van der Waals surface area contributed by atoms with Crippen LogP contribution in [-0.4, -0.2) is 85.9 Å².